The summed E-state index contributed by atoms with van der Waals surface area (Å²) >= 11 is 1.43. The lowest BCUT2D eigenvalue weighted by Crippen LogP contribution is -2.36. The smallest absolute Gasteiger partial charge is 0.307 e. The summed E-state index contributed by atoms with van der Waals surface area (Å²) in [6.07, 6.45) is 4.50. The lowest BCUT2D eigenvalue weighted by Gasteiger charge is -2.36. The number of primary amides is 1. The third kappa shape index (κ3) is 4.56. The summed E-state index contributed by atoms with van der Waals surface area (Å²) in [4.78, 5) is 38.4. The van der Waals surface area contributed by atoms with Gasteiger partial charge in [-0.15, -0.1) is 11.3 Å². The maximum atomic E-state index is 13.1. The van der Waals surface area contributed by atoms with E-state index in [1.165, 1.54) is 11.3 Å². The molecule has 1 aromatic rings. The number of allylic oxidation sites excluding steroid dienone is 2. The van der Waals surface area contributed by atoms with Gasteiger partial charge in [0.2, 0.25) is 5.91 Å². The highest BCUT2D eigenvalue weighted by Gasteiger charge is 2.39. The first-order valence-electron chi connectivity index (χ1n) is 11.1. The number of rotatable bonds is 6. The minimum absolute atomic E-state index is 0.205. The largest absolute Gasteiger partial charge is 0.481 e. The van der Waals surface area contributed by atoms with Gasteiger partial charge in [0, 0.05) is 4.88 Å². The van der Waals surface area contributed by atoms with E-state index in [0.717, 1.165) is 47.3 Å². The molecule has 4 N–H and O–H groups in total. The monoisotopic (exact) mass is 446 g/mol. The van der Waals surface area contributed by atoms with Crippen molar-refractivity contribution >= 4 is 34.1 Å². The van der Waals surface area contributed by atoms with Gasteiger partial charge < -0.3 is 16.2 Å². The number of amides is 2. The van der Waals surface area contributed by atoms with Gasteiger partial charge in [-0.2, -0.15) is 0 Å². The van der Waals surface area contributed by atoms with Crippen LogP contribution in [0.3, 0.4) is 0 Å². The van der Waals surface area contributed by atoms with Crippen LogP contribution in [-0.2, 0) is 22.4 Å². The first-order valence-corrected chi connectivity index (χ1v) is 11.9. The third-order valence-electron chi connectivity index (χ3n) is 7.69. The van der Waals surface area contributed by atoms with Gasteiger partial charge in [0.1, 0.15) is 5.00 Å². The third-order valence-corrected chi connectivity index (χ3v) is 8.86. The van der Waals surface area contributed by atoms with Crippen LogP contribution in [0.1, 0.15) is 81.1 Å². The van der Waals surface area contributed by atoms with E-state index in [9.17, 15) is 19.5 Å². The number of nitrogens with two attached hydrogens (primary N) is 1. The standard InChI is InChI=1S/C24H34N2O4S/c1-6-24(4,5)14-7-8-15-18(11-14)31-22(19(15)20(25)27)26-21(28)16-9-12(2)13(3)10-17(16)23(29)30/h14,16-17H,6-11H2,1-5H3,(H2,25,27)(H,26,28)(H,29,30)/t14-,16+,17-/m1/s1. The van der Waals surface area contributed by atoms with Gasteiger partial charge in [-0.05, 0) is 62.8 Å². The second-order valence-corrected chi connectivity index (χ2v) is 11.0. The van der Waals surface area contributed by atoms with E-state index in [1.807, 2.05) is 13.8 Å². The molecule has 170 valence electrons. The molecule has 31 heavy (non-hydrogen) atoms. The van der Waals surface area contributed by atoms with Gasteiger partial charge >= 0.3 is 5.97 Å². The number of anilines is 1. The van der Waals surface area contributed by atoms with E-state index in [-0.39, 0.29) is 11.3 Å². The predicted molar refractivity (Wildman–Crippen MR) is 123 cm³/mol. The molecule has 6 nitrogen and oxygen atoms in total. The van der Waals surface area contributed by atoms with Crippen molar-refractivity contribution in [3.63, 3.8) is 0 Å². The molecule has 0 saturated carbocycles. The second kappa shape index (κ2) is 8.77. The van der Waals surface area contributed by atoms with Gasteiger partial charge in [0.25, 0.3) is 5.91 Å². The molecule has 1 heterocycles. The molecule has 0 unspecified atom stereocenters. The van der Waals surface area contributed by atoms with Crippen LogP contribution in [0.5, 0.6) is 0 Å². The molecule has 2 aliphatic rings. The molecule has 3 atom stereocenters. The molecule has 0 fully saturated rings. The summed E-state index contributed by atoms with van der Waals surface area (Å²) in [7, 11) is 0. The quantitative estimate of drug-likeness (QED) is 0.547. The Morgan fingerprint density at radius 2 is 1.74 bits per heavy atom. The number of thiophene rings is 1. The normalized spacial score (nSPS) is 24.0. The Hall–Kier alpha value is -2.15. The van der Waals surface area contributed by atoms with Gasteiger partial charge in [0.15, 0.2) is 0 Å². The zero-order valence-electron chi connectivity index (χ0n) is 19.1. The zero-order valence-corrected chi connectivity index (χ0v) is 19.9. The molecule has 0 aliphatic heterocycles. The topological polar surface area (TPSA) is 109 Å². The first kappa shape index (κ1) is 23.5. The van der Waals surface area contributed by atoms with Crippen molar-refractivity contribution in [1.29, 1.82) is 0 Å². The summed E-state index contributed by atoms with van der Waals surface area (Å²) < 4.78 is 0. The molecule has 0 bridgehead atoms. The Bertz CT molecular complexity index is 944. The summed E-state index contributed by atoms with van der Waals surface area (Å²) in [6.45, 7) is 10.6. The number of aliphatic carboxylic acids is 1. The molecule has 0 aromatic carbocycles. The van der Waals surface area contributed by atoms with Gasteiger partial charge in [-0.1, -0.05) is 38.3 Å². The fourth-order valence-electron chi connectivity index (χ4n) is 4.92. The number of carboxylic acid groups (broad SMARTS) is 1. The Balaban J connectivity index is 1.89. The van der Waals surface area contributed by atoms with Gasteiger partial charge in [-0.3, -0.25) is 14.4 Å². The highest BCUT2D eigenvalue weighted by molar-refractivity contribution is 7.17. The molecule has 7 heteroatoms. The van der Waals surface area contributed by atoms with Crippen molar-refractivity contribution in [2.24, 2.45) is 28.9 Å². The van der Waals surface area contributed by atoms with Crippen molar-refractivity contribution in [2.75, 3.05) is 5.32 Å². The summed E-state index contributed by atoms with van der Waals surface area (Å²) in [6, 6.07) is 0. The van der Waals surface area contributed by atoms with Gasteiger partial charge in [0.05, 0.1) is 17.4 Å². The molecule has 0 saturated heterocycles. The minimum atomic E-state index is -0.961. The highest BCUT2D eigenvalue weighted by Crippen LogP contribution is 2.46. The Morgan fingerprint density at radius 3 is 2.29 bits per heavy atom. The second-order valence-electron chi connectivity index (χ2n) is 9.86. The summed E-state index contributed by atoms with van der Waals surface area (Å²) in [5.41, 5.74) is 9.38. The fraction of sp³-hybridized carbons (Fsp3) is 0.625. The van der Waals surface area contributed by atoms with Crippen LogP contribution in [-0.4, -0.2) is 22.9 Å². The van der Waals surface area contributed by atoms with Crippen LogP contribution in [0.25, 0.3) is 0 Å². The van der Waals surface area contributed by atoms with Crippen LogP contribution in [0.2, 0.25) is 0 Å². The molecule has 3 rings (SSSR count). The Labute approximate surface area is 188 Å². The van der Waals surface area contributed by atoms with Crippen LogP contribution >= 0.6 is 11.3 Å². The van der Waals surface area contributed by atoms with Crippen molar-refractivity contribution in [3.05, 3.63) is 27.2 Å². The van der Waals surface area contributed by atoms with E-state index in [2.05, 4.69) is 26.1 Å². The number of carbonyl (C=O) groups excluding carboxylic acids is 2. The number of carboxylic acids is 1. The van der Waals surface area contributed by atoms with Crippen LogP contribution in [0.15, 0.2) is 11.1 Å². The zero-order chi connectivity index (χ0) is 23.1. The molecular formula is C24H34N2O4S. The number of fused-ring (bicyclic) bond motifs is 1. The Kier molecular flexibility index (Phi) is 6.65. The average molecular weight is 447 g/mol. The van der Waals surface area contributed by atoms with Crippen LogP contribution < -0.4 is 11.1 Å². The van der Waals surface area contributed by atoms with E-state index in [4.69, 9.17) is 5.73 Å². The van der Waals surface area contributed by atoms with Crippen molar-refractivity contribution in [2.45, 2.75) is 73.1 Å². The lowest BCUT2D eigenvalue weighted by molar-refractivity contribution is -0.146. The van der Waals surface area contributed by atoms with Crippen molar-refractivity contribution in [1.82, 2.24) is 0 Å². The molecule has 0 radical (unpaired) electrons. The maximum absolute atomic E-state index is 13.1. The van der Waals surface area contributed by atoms with E-state index >= 15 is 0 Å². The van der Waals surface area contributed by atoms with Crippen LogP contribution in [0, 0.1) is 23.2 Å². The maximum Gasteiger partial charge on any atom is 0.307 e. The van der Waals surface area contributed by atoms with Crippen molar-refractivity contribution in [3.8, 4) is 0 Å². The summed E-state index contributed by atoms with van der Waals surface area (Å²) in [5.74, 6) is -2.74. The highest BCUT2D eigenvalue weighted by atomic mass is 32.1. The Morgan fingerprint density at radius 1 is 1.13 bits per heavy atom. The minimum Gasteiger partial charge on any atom is -0.481 e. The van der Waals surface area contributed by atoms with E-state index in [1.54, 1.807) is 0 Å². The van der Waals surface area contributed by atoms with Crippen LogP contribution in [0.4, 0.5) is 5.00 Å². The van der Waals surface area contributed by atoms with Gasteiger partial charge in [-0.25, -0.2) is 0 Å². The number of hydrogen-bond acceptors (Lipinski definition) is 4. The van der Waals surface area contributed by atoms with Crippen molar-refractivity contribution < 1.29 is 19.5 Å². The lowest BCUT2D eigenvalue weighted by atomic mass is 9.69. The molecule has 2 amide bonds. The fourth-order valence-corrected chi connectivity index (χ4v) is 6.26. The average Bonchev–Trinajstić information content (AvgIpc) is 3.06. The SMILES string of the molecule is CCC(C)(C)[C@@H]1CCc2c(sc(NC(=O)[C@H]3CC(C)=C(C)C[C@H]3C(=O)O)c2C(N)=O)C1. The number of carbonyl (C=O) groups is 3. The summed E-state index contributed by atoms with van der Waals surface area (Å²) in [5, 5.41) is 13.0. The predicted octanol–water partition coefficient (Wildman–Crippen LogP) is 4.77. The van der Waals surface area contributed by atoms with E-state index < -0.39 is 23.7 Å². The number of hydrogen-bond donors (Lipinski definition) is 3. The van der Waals surface area contributed by atoms with E-state index in [0.29, 0.717) is 29.3 Å². The number of nitrogens with one attached hydrogen (secondary N) is 1. The molecule has 2 aliphatic carbocycles. The first-order chi connectivity index (χ1) is 14.5. The molecule has 1 aromatic heterocycles. The molecular weight excluding hydrogens is 412 g/mol. The molecule has 0 spiro atoms.